The summed E-state index contributed by atoms with van der Waals surface area (Å²) in [6.07, 6.45) is 1.15. The topological polar surface area (TPSA) is 12.0 Å². The summed E-state index contributed by atoms with van der Waals surface area (Å²) >= 11 is 1.86. The van der Waals surface area contributed by atoms with E-state index in [0.717, 1.165) is 13.0 Å². The maximum Gasteiger partial charge on any atom is 0.0758 e. The van der Waals surface area contributed by atoms with Crippen LogP contribution in [0.5, 0.6) is 0 Å². The number of thiophene rings is 1. The monoisotopic (exact) mass is 229 g/mol. The lowest BCUT2D eigenvalue weighted by molar-refractivity contribution is 0.424. The van der Waals surface area contributed by atoms with E-state index in [1.165, 1.54) is 16.0 Å². The number of nitrogens with one attached hydrogen (secondary N) is 1. The lowest BCUT2D eigenvalue weighted by Gasteiger charge is -2.35. The molecule has 1 aromatic carbocycles. The molecule has 1 aliphatic rings. The first-order valence-electron chi connectivity index (χ1n) is 5.68. The van der Waals surface area contributed by atoms with Gasteiger partial charge in [-0.05, 0) is 35.9 Å². The number of rotatable bonds is 1. The van der Waals surface area contributed by atoms with Crippen molar-refractivity contribution in [1.29, 1.82) is 0 Å². The first kappa shape index (κ1) is 10.1. The molecule has 0 bridgehead atoms. The highest BCUT2D eigenvalue weighted by atomic mass is 32.1. The average molecular weight is 229 g/mol. The van der Waals surface area contributed by atoms with Gasteiger partial charge in [0.25, 0.3) is 0 Å². The zero-order valence-electron chi connectivity index (χ0n) is 9.36. The average Bonchev–Trinajstić information content (AvgIpc) is 2.80. The Morgan fingerprint density at radius 1 is 1.19 bits per heavy atom. The van der Waals surface area contributed by atoms with Crippen LogP contribution in [0.3, 0.4) is 0 Å². The molecule has 0 fully saturated rings. The molecule has 0 spiro atoms. The van der Waals surface area contributed by atoms with E-state index in [1.807, 2.05) is 11.3 Å². The van der Waals surface area contributed by atoms with Crippen LogP contribution in [0, 0.1) is 0 Å². The van der Waals surface area contributed by atoms with Crippen LogP contribution in [0.15, 0.2) is 41.8 Å². The van der Waals surface area contributed by atoms with Gasteiger partial charge in [0.05, 0.1) is 5.54 Å². The predicted molar refractivity (Wildman–Crippen MR) is 68.9 cm³/mol. The molecule has 1 atom stereocenters. The van der Waals surface area contributed by atoms with Crippen molar-refractivity contribution in [1.82, 2.24) is 5.32 Å². The molecule has 1 aliphatic heterocycles. The van der Waals surface area contributed by atoms with E-state index < -0.39 is 0 Å². The highest BCUT2D eigenvalue weighted by molar-refractivity contribution is 7.10. The standard InChI is InChI=1S/C14H15NS/c1-14(12-5-3-2-4-6-12)13-11(7-9-15-14)8-10-16-13/h2-6,8,10,15H,7,9H2,1H3. The Bertz CT molecular complexity index is 488. The molecule has 0 amide bonds. The van der Waals surface area contributed by atoms with Crippen molar-refractivity contribution in [3.05, 3.63) is 57.8 Å². The summed E-state index contributed by atoms with van der Waals surface area (Å²) in [5.41, 5.74) is 2.87. The van der Waals surface area contributed by atoms with Crippen LogP contribution in [-0.2, 0) is 12.0 Å². The maximum atomic E-state index is 3.66. The number of hydrogen-bond acceptors (Lipinski definition) is 2. The minimum absolute atomic E-state index is 0.00299. The third-order valence-corrected chi connectivity index (χ3v) is 4.60. The predicted octanol–water partition coefficient (Wildman–Crippen LogP) is 3.16. The minimum atomic E-state index is 0.00299. The van der Waals surface area contributed by atoms with E-state index in [0.29, 0.717) is 0 Å². The molecular formula is C14H15NS. The second-order valence-corrected chi connectivity index (χ2v) is 5.36. The Morgan fingerprint density at radius 2 is 2.00 bits per heavy atom. The molecule has 1 N–H and O–H groups in total. The van der Waals surface area contributed by atoms with Crippen LogP contribution in [0.25, 0.3) is 0 Å². The van der Waals surface area contributed by atoms with Gasteiger partial charge in [-0.2, -0.15) is 0 Å². The Balaban J connectivity index is 2.14. The van der Waals surface area contributed by atoms with Crippen molar-refractivity contribution in [2.24, 2.45) is 0 Å². The Kier molecular flexibility index (Phi) is 2.34. The summed E-state index contributed by atoms with van der Waals surface area (Å²) in [5, 5.41) is 5.87. The number of fused-ring (bicyclic) bond motifs is 1. The highest BCUT2D eigenvalue weighted by Crippen LogP contribution is 2.37. The number of hydrogen-bond donors (Lipinski definition) is 1. The van der Waals surface area contributed by atoms with Crippen LogP contribution in [-0.4, -0.2) is 6.54 Å². The van der Waals surface area contributed by atoms with Gasteiger partial charge in [0, 0.05) is 11.4 Å². The molecular weight excluding hydrogens is 214 g/mol. The van der Waals surface area contributed by atoms with Gasteiger partial charge in [0.1, 0.15) is 0 Å². The summed E-state index contributed by atoms with van der Waals surface area (Å²) in [5.74, 6) is 0. The molecule has 1 nitrogen and oxygen atoms in total. The summed E-state index contributed by atoms with van der Waals surface area (Å²) in [6, 6.07) is 13.0. The molecule has 2 heteroatoms. The second kappa shape index (κ2) is 3.72. The lowest BCUT2D eigenvalue weighted by atomic mass is 9.85. The van der Waals surface area contributed by atoms with E-state index in [2.05, 4.69) is 54.0 Å². The Labute approximate surface area is 100 Å². The van der Waals surface area contributed by atoms with Gasteiger partial charge >= 0.3 is 0 Å². The maximum absolute atomic E-state index is 3.66. The molecule has 1 unspecified atom stereocenters. The van der Waals surface area contributed by atoms with Crippen molar-refractivity contribution in [2.75, 3.05) is 6.54 Å². The lowest BCUT2D eigenvalue weighted by Crippen LogP contribution is -2.44. The molecule has 0 aliphatic carbocycles. The van der Waals surface area contributed by atoms with Crippen molar-refractivity contribution in [3.8, 4) is 0 Å². The fraction of sp³-hybridized carbons (Fsp3) is 0.286. The molecule has 0 saturated heterocycles. The van der Waals surface area contributed by atoms with Crippen molar-refractivity contribution in [3.63, 3.8) is 0 Å². The largest absolute Gasteiger partial charge is 0.303 e. The molecule has 0 radical (unpaired) electrons. The third-order valence-electron chi connectivity index (χ3n) is 3.42. The number of benzene rings is 1. The quantitative estimate of drug-likeness (QED) is 0.792. The van der Waals surface area contributed by atoms with Crippen molar-refractivity contribution in [2.45, 2.75) is 18.9 Å². The molecule has 16 heavy (non-hydrogen) atoms. The molecule has 1 aromatic heterocycles. The molecule has 0 saturated carbocycles. The Hall–Kier alpha value is -1.12. The zero-order chi connectivity index (χ0) is 11.0. The van der Waals surface area contributed by atoms with Crippen LogP contribution >= 0.6 is 11.3 Å². The summed E-state index contributed by atoms with van der Waals surface area (Å²) in [4.78, 5) is 1.48. The van der Waals surface area contributed by atoms with Crippen LogP contribution in [0.2, 0.25) is 0 Å². The third kappa shape index (κ3) is 1.41. The first-order chi connectivity index (χ1) is 7.81. The first-order valence-corrected chi connectivity index (χ1v) is 6.56. The second-order valence-electron chi connectivity index (χ2n) is 4.44. The van der Waals surface area contributed by atoms with Gasteiger partial charge < -0.3 is 5.32 Å². The van der Waals surface area contributed by atoms with E-state index in [-0.39, 0.29) is 5.54 Å². The van der Waals surface area contributed by atoms with Crippen LogP contribution < -0.4 is 5.32 Å². The summed E-state index contributed by atoms with van der Waals surface area (Å²) in [6.45, 7) is 3.35. The normalized spacial score (nSPS) is 24.1. The van der Waals surface area contributed by atoms with Gasteiger partial charge in [-0.1, -0.05) is 30.3 Å². The molecule has 82 valence electrons. The van der Waals surface area contributed by atoms with E-state index in [4.69, 9.17) is 0 Å². The van der Waals surface area contributed by atoms with E-state index in [1.54, 1.807) is 0 Å². The molecule has 2 aromatic rings. The summed E-state index contributed by atoms with van der Waals surface area (Å²) < 4.78 is 0. The highest BCUT2D eigenvalue weighted by Gasteiger charge is 2.34. The minimum Gasteiger partial charge on any atom is -0.303 e. The van der Waals surface area contributed by atoms with Crippen molar-refractivity contribution < 1.29 is 0 Å². The van der Waals surface area contributed by atoms with E-state index in [9.17, 15) is 0 Å². The van der Waals surface area contributed by atoms with E-state index >= 15 is 0 Å². The van der Waals surface area contributed by atoms with Crippen LogP contribution in [0.1, 0.15) is 22.9 Å². The smallest absolute Gasteiger partial charge is 0.0758 e. The van der Waals surface area contributed by atoms with Gasteiger partial charge in [-0.3, -0.25) is 0 Å². The molecule has 2 heterocycles. The van der Waals surface area contributed by atoms with Gasteiger partial charge in [-0.15, -0.1) is 11.3 Å². The molecule has 3 rings (SSSR count). The van der Waals surface area contributed by atoms with Crippen molar-refractivity contribution >= 4 is 11.3 Å². The van der Waals surface area contributed by atoms with Gasteiger partial charge in [-0.25, -0.2) is 0 Å². The fourth-order valence-corrected chi connectivity index (χ4v) is 3.62. The van der Waals surface area contributed by atoms with Gasteiger partial charge in [0.15, 0.2) is 0 Å². The van der Waals surface area contributed by atoms with Gasteiger partial charge in [0.2, 0.25) is 0 Å². The SMILES string of the molecule is CC1(c2ccccc2)NCCc2ccsc21. The zero-order valence-corrected chi connectivity index (χ0v) is 10.2. The fourth-order valence-electron chi connectivity index (χ4n) is 2.50. The Morgan fingerprint density at radius 3 is 2.81 bits per heavy atom. The summed E-state index contributed by atoms with van der Waals surface area (Å²) in [7, 11) is 0. The van der Waals surface area contributed by atoms with Crippen LogP contribution in [0.4, 0.5) is 0 Å².